The minimum Gasteiger partial charge on any atom is -0.320 e. The second kappa shape index (κ2) is 6.81. The van der Waals surface area contributed by atoms with Gasteiger partial charge in [0.05, 0.1) is 11.4 Å². The molecule has 3 aromatic rings. The van der Waals surface area contributed by atoms with Crippen LogP contribution in [0.3, 0.4) is 0 Å². The second-order valence-electron chi connectivity index (χ2n) is 6.82. The number of hydrogen-bond donors (Lipinski definition) is 2. The summed E-state index contributed by atoms with van der Waals surface area (Å²) < 4.78 is 16.3. The highest BCUT2D eigenvalue weighted by Gasteiger charge is 2.23. The molecule has 7 heteroatoms. The van der Waals surface area contributed by atoms with Gasteiger partial charge in [-0.3, -0.25) is 4.79 Å². The molecule has 0 spiro atoms. The maximum atomic E-state index is 14.4. The summed E-state index contributed by atoms with van der Waals surface area (Å²) in [6.45, 7) is 5.71. The number of amides is 1. The summed E-state index contributed by atoms with van der Waals surface area (Å²) in [7, 11) is 0. The number of aryl methyl sites for hydroxylation is 2. The molecule has 1 fully saturated rings. The normalized spacial score (nSPS) is 15.5. The topological polar surface area (TPSA) is 58.4 Å². The van der Waals surface area contributed by atoms with Crippen molar-refractivity contribution < 1.29 is 9.18 Å². The van der Waals surface area contributed by atoms with E-state index >= 15 is 0 Å². The van der Waals surface area contributed by atoms with Crippen LogP contribution >= 0.6 is 11.3 Å². The summed E-state index contributed by atoms with van der Waals surface area (Å²) in [5.41, 5.74) is 3.29. The molecule has 0 radical (unpaired) electrons. The first kappa shape index (κ1) is 17.2. The van der Waals surface area contributed by atoms with Gasteiger partial charge < -0.3 is 15.0 Å². The van der Waals surface area contributed by atoms with Gasteiger partial charge in [-0.2, -0.15) is 0 Å². The molecule has 136 valence electrons. The first-order valence-corrected chi connectivity index (χ1v) is 9.60. The van der Waals surface area contributed by atoms with Crippen LogP contribution in [0.1, 0.15) is 44.6 Å². The molecule has 0 saturated carbocycles. The lowest BCUT2D eigenvalue weighted by molar-refractivity contribution is 0.102. The van der Waals surface area contributed by atoms with E-state index < -0.39 is 11.7 Å². The zero-order chi connectivity index (χ0) is 18.3. The zero-order valence-corrected chi connectivity index (χ0v) is 15.6. The van der Waals surface area contributed by atoms with E-state index in [1.165, 1.54) is 17.4 Å². The van der Waals surface area contributed by atoms with Crippen LogP contribution in [0.5, 0.6) is 0 Å². The van der Waals surface area contributed by atoms with Crippen LogP contribution in [0.4, 0.5) is 10.1 Å². The number of imidazole rings is 1. The van der Waals surface area contributed by atoms with Crippen LogP contribution in [-0.4, -0.2) is 28.4 Å². The summed E-state index contributed by atoms with van der Waals surface area (Å²) in [5.74, 6) is -0.491. The molecule has 1 saturated heterocycles. The maximum Gasteiger partial charge on any atom is 0.268 e. The van der Waals surface area contributed by atoms with Crippen LogP contribution in [0, 0.1) is 19.7 Å². The van der Waals surface area contributed by atoms with Gasteiger partial charge in [-0.25, -0.2) is 9.37 Å². The molecule has 1 aliphatic heterocycles. The number of aromatic nitrogens is 2. The van der Waals surface area contributed by atoms with E-state index in [0.717, 1.165) is 47.7 Å². The van der Waals surface area contributed by atoms with Gasteiger partial charge in [0.15, 0.2) is 0 Å². The molecule has 1 amide bonds. The van der Waals surface area contributed by atoms with E-state index in [1.54, 1.807) is 0 Å². The quantitative estimate of drug-likeness (QED) is 0.734. The molecule has 4 heterocycles. The van der Waals surface area contributed by atoms with Crippen LogP contribution in [-0.2, 0) is 0 Å². The van der Waals surface area contributed by atoms with Crippen LogP contribution < -0.4 is 10.6 Å². The van der Waals surface area contributed by atoms with Gasteiger partial charge in [0, 0.05) is 17.3 Å². The molecule has 0 aliphatic carbocycles. The van der Waals surface area contributed by atoms with Crippen LogP contribution in [0.15, 0.2) is 24.5 Å². The number of piperidine rings is 1. The van der Waals surface area contributed by atoms with Crippen molar-refractivity contribution in [3.8, 4) is 0 Å². The number of anilines is 1. The summed E-state index contributed by atoms with van der Waals surface area (Å²) in [5, 5.41) is 6.16. The molecule has 0 atom stereocenters. The van der Waals surface area contributed by atoms with E-state index in [9.17, 15) is 9.18 Å². The number of halogens is 1. The summed E-state index contributed by atoms with van der Waals surface area (Å²) in [6, 6.07) is 3.44. The van der Waals surface area contributed by atoms with E-state index in [-0.39, 0.29) is 4.88 Å². The number of nitrogens with zero attached hydrogens (tertiary/aromatic N) is 2. The van der Waals surface area contributed by atoms with Crippen molar-refractivity contribution >= 4 is 28.6 Å². The van der Waals surface area contributed by atoms with E-state index in [4.69, 9.17) is 0 Å². The van der Waals surface area contributed by atoms with Crippen LogP contribution in [0.25, 0.3) is 5.65 Å². The lowest BCUT2D eigenvalue weighted by Crippen LogP contribution is -2.26. The standard InChI is InChI=1S/C19H21FN4OS/c1-11-7-17-22-12(2)9-24(17)10-15(11)23-19(25)18-14(20)8-16(26-18)13-3-5-21-6-4-13/h7-10,13,21H,3-6H2,1-2H3,(H,23,25). The molecule has 0 unspecified atom stereocenters. The van der Waals surface area contributed by atoms with E-state index in [1.807, 2.05) is 36.7 Å². The van der Waals surface area contributed by atoms with Gasteiger partial charge in [0.25, 0.3) is 5.91 Å². The van der Waals surface area contributed by atoms with Gasteiger partial charge in [0.1, 0.15) is 16.3 Å². The average molecular weight is 372 g/mol. The first-order chi connectivity index (χ1) is 12.5. The smallest absolute Gasteiger partial charge is 0.268 e. The average Bonchev–Trinajstić information content (AvgIpc) is 3.17. The van der Waals surface area contributed by atoms with E-state index in [2.05, 4.69) is 15.6 Å². The minimum absolute atomic E-state index is 0.153. The van der Waals surface area contributed by atoms with Gasteiger partial charge >= 0.3 is 0 Å². The highest BCUT2D eigenvalue weighted by atomic mass is 32.1. The Hall–Kier alpha value is -2.25. The minimum atomic E-state index is -0.432. The third-order valence-corrected chi connectivity index (χ3v) is 6.09. The highest BCUT2D eigenvalue weighted by molar-refractivity contribution is 7.14. The third kappa shape index (κ3) is 3.24. The number of fused-ring (bicyclic) bond motifs is 1. The zero-order valence-electron chi connectivity index (χ0n) is 14.8. The number of carbonyl (C=O) groups excluding carboxylic acids is 1. The maximum absolute atomic E-state index is 14.4. The molecule has 2 N–H and O–H groups in total. The Bertz CT molecular complexity index is 971. The lowest BCUT2D eigenvalue weighted by Gasteiger charge is -2.21. The number of pyridine rings is 1. The molecule has 1 aliphatic rings. The SMILES string of the molecule is Cc1cn2cc(NC(=O)c3sc(C4CCNCC4)cc3F)c(C)cc2n1. The fourth-order valence-electron chi connectivity index (χ4n) is 3.42. The molecular weight excluding hydrogens is 351 g/mol. The molecule has 5 nitrogen and oxygen atoms in total. The largest absolute Gasteiger partial charge is 0.320 e. The Morgan fingerprint density at radius 1 is 1.31 bits per heavy atom. The van der Waals surface area contributed by atoms with Crippen molar-refractivity contribution in [3.63, 3.8) is 0 Å². The molecule has 0 aromatic carbocycles. The number of nitrogens with one attached hydrogen (secondary N) is 2. The molecular formula is C19H21FN4OS. The number of thiophene rings is 1. The second-order valence-corrected chi connectivity index (χ2v) is 7.91. The Balaban J connectivity index is 1.58. The van der Waals surface area contributed by atoms with Crippen molar-refractivity contribution in [2.45, 2.75) is 32.6 Å². The van der Waals surface area contributed by atoms with E-state index in [0.29, 0.717) is 11.6 Å². The summed E-state index contributed by atoms with van der Waals surface area (Å²) in [4.78, 5) is 18.2. The molecule has 3 aromatic heterocycles. The van der Waals surface area contributed by atoms with Gasteiger partial charge in [-0.15, -0.1) is 11.3 Å². The predicted octanol–water partition coefficient (Wildman–Crippen LogP) is 3.87. The Morgan fingerprint density at radius 2 is 2.08 bits per heavy atom. The number of carbonyl (C=O) groups is 1. The fraction of sp³-hybridized carbons (Fsp3) is 0.368. The number of rotatable bonds is 3. The van der Waals surface area contributed by atoms with Crippen molar-refractivity contribution in [2.75, 3.05) is 18.4 Å². The third-order valence-electron chi connectivity index (χ3n) is 4.82. The van der Waals surface area contributed by atoms with Crippen molar-refractivity contribution in [2.24, 2.45) is 0 Å². The Morgan fingerprint density at radius 3 is 2.85 bits per heavy atom. The van der Waals surface area contributed by atoms with Crippen molar-refractivity contribution in [1.29, 1.82) is 0 Å². The summed E-state index contributed by atoms with van der Waals surface area (Å²) in [6.07, 6.45) is 5.68. The first-order valence-electron chi connectivity index (χ1n) is 8.78. The fourth-order valence-corrected chi connectivity index (χ4v) is 4.52. The monoisotopic (exact) mass is 372 g/mol. The molecule has 0 bridgehead atoms. The van der Waals surface area contributed by atoms with Crippen molar-refractivity contribution in [3.05, 3.63) is 51.4 Å². The molecule has 4 rings (SSSR count). The van der Waals surface area contributed by atoms with Gasteiger partial charge in [-0.1, -0.05) is 0 Å². The Labute approximate surface area is 155 Å². The summed E-state index contributed by atoms with van der Waals surface area (Å²) >= 11 is 1.27. The molecule has 26 heavy (non-hydrogen) atoms. The van der Waals surface area contributed by atoms with Crippen molar-refractivity contribution in [1.82, 2.24) is 14.7 Å². The van der Waals surface area contributed by atoms with Gasteiger partial charge in [0.2, 0.25) is 0 Å². The highest BCUT2D eigenvalue weighted by Crippen LogP contribution is 2.33. The lowest BCUT2D eigenvalue weighted by atomic mass is 9.96. The Kier molecular flexibility index (Phi) is 4.50. The number of hydrogen-bond acceptors (Lipinski definition) is 4. The van der Waals surface area contributed by atoms with Crippen LogP contribution in [0.2, 0.25) is 0 Å². The predicted molar refractivity (Wildman–Crippen MR) is 102 cm³/mol. The van der Waals surface area contributed by atoms with Gasteiger partial charge in [-0.05, 0) is 63.4 Å².